The van der Waals surface area contributed by atoms with Gasteiger partial charge in [0, 0.05) is 19.2 Å². The second-order valence-corrected chi connectivity index (χ2v) is 5.86. The van der Waals surface area contributed by atoms with E-state index in [2.05, 4.69) is 0 Å². The minimum Gasteiger partial charge on any atom is -0.365 e. The zero-order valence-electron chi connectivity index (χ0n) is 12.8. The van der Waals surface area contributed by atoms with E-state index in [-0.39, 0.29) is 11.1 Å². The summed E-state index contributed by atoms with van der Waals surface area (Å²) in [5, 5.41) is 20.2. The molecule has 0 aliphatic heterocycles. The van der Waals surface area contributed by atoms with Gasteiger partial charge in [-0.2, -0.15) is 5.26 Å². The first-order valence-corrected chi connectivity index (χ1v) is 6.98. The predicted octanol–water partition coefficient (Wildman–Crippen LogP) is 2.67. The molecule has 0 heterocycles. The number of nitro benzene ring substituents is 1. The molecule has 6 nitrogen and oxygen atoms in total. The molecule has 0 radical (unpaired) electrons. The van der Waals surface area contributed by atoms with Crippen LogP contribution in [0, 0.1) is 26.9 Å². The summed E-state index contributed by atoms with van der Waals surface area (Å²) in [7, 11) is 0. The topological polar surface area (TPSA) is 96.2 Å². The maximum Gasteiger partial charge on any atom is 0.293 e. The van der Waals surface area contributed by atoms with Crippen molar-refractivity contribution in [3.63, 3.8) is 0 Å². The van der Waals surface area contributed by atoms with Gasteiger partial charge in [0.2, 0.25) is 0 Å². The molecule has 1 aromatic rings. The van der Waals surface area contributed by atoms with Crippen LogP contribution in [0.2, 0.25) is 0 Å². The van der Waals surface area contributed by atoms with E-state index in [1.807, 2.05) is 31.7 Å². The molecular formula is C15H22N4O2. The van der Waals surface area contributed by atoms with Crippen molar-refractivity contribution in [3.8, 4) is 6.07 Å². The highest BCUT2D eigenvalue weighted by Gasteiger charge is 2.25. The summed E-state index contributed by atoms with van der Waals surface area (Å²) in [5.74, 6) is 0. The van der Waals surface area contributed by atoms with Gasteiger partial charge in [-0.25, -0.2) is 0 Å². The number of nitrogens with zero attached hydrogens (tertiary/aromatic N) is 3. The van der Waals surface area contributed by atoms with E-state index in [1.54, 1.807) is 12.1 Å². The molecule has 0 aliphatic rings. The van der Waals surface area contributed by atoms with Gasteiger partial charge >= 0.3 is 0 Å². The molecule has 0 amide bonds. The number of rotatable bonds is 7. The molecule has 0 aromatic heterocycles. The number of nitriles is 1. The lowest BCUT2D eigenvalue weighted by atomic mass is 9.92. The molecule has 1 aromatic carbocycles. The van der Waals surface area contributed by atoms with Crippen molar-refractivity contribution < 1.29 is 4.92 Å². The molecule has 0 saturated carbocycles. The van der Waals surface area contributed by atoms with Crippen molar-refractivity contribution in [2.24, 2.45) is 11.1 Å². The second kappa shape index (κ2) is 7.04. The zero-order chi connectivity index (χ0) is 16.0. The molecular weight excluding hydrogens is 268 g/mol. The number of nitrogens with two attached hydrogens (primary N) is 1. The highest BCUT2D eigenvalue weighted by molar-refractivity contribution is 5.65. The second-order valence-electron chi connectivity index (χ2n) is 5.86. The van der Waals surface area contributed by atoms with E-state index < -0.39 is 4.92 Å². The van der Waals surface area contributed by atoms with Gasteiger partial charge in [0.05, 0.1) is 16.6 Å². The number of hydrogen-bond acceptors (Lipinski definition) is 5. The minimum absolute atomic E-state index is 0.0321. The molecule has 0 fully saturated rings. The normalized spacial score (nSPS) is 11.0. The minimum atomic E-state index is -0.436. The molecule has 2 N–H and O–H groups in total. The maximum absolute atomic E-state index is 11.3. The van der Waals surface area contributed by atoms with Crippen LogP contribution in [0.1, 0.15) is 32.8 Å². The van der Waals surface area contributed by atoms with Crippen molar-refractivity contribution in [3.05, 3.63) is 33.9 Å². The van der Waals surface area contributed by atoms with Gasteiger partial charge in [0.25, 0.3) is 5.69 Å². The van der Waals surface area contributed by atoms with Crippen LogP contribution >= 0.6 is 0 Å². The van der Waals surface area contributed by atoms with Crippen LogP contribution in [0.4, 0.5) is 11.4 Å². The summed E-state index contributed by atoms with van der Waals surface area (Å²) < 4.78 is 0. The van der Waals surface area contributed by atoms with Crippen LogP contribution in [-0.2, 0) is 0 Å². The van der Waals surface area contributed by atoms with Gasteiger partial charge in [-0.15, -0.1) is 0 Å². The van der Waals surface area contributed by atoms with Gasteiger partial charge in [0.15, 0.2) is 0 Å². The molecule has 0 saturated heterocycles. The third-order valence-electron chi connectivity index (χ3n) is 3.31. The smallest absolute Gasteiger partial charge is 0.293 e. The molecule has 0 bridgehead atoms. The average Bonchev–Trinajstić information content (AvgIpc) is 2.46. The Hall–Kier alpha value is -2.13. The fourth-order valence-corrected chi connectivity index (χ4v) is 2.14. The average molecular weight is 290 g/mol. The van der Waals surface area contributed by atoms with Crippen molar-refractivity contribution >= 4 is 11.4 Å². The Labute approximate surface area is 125 Å². The van der Waals surface area contributed by atoms with Gasteiger partial charge in [-0.3, -0.25) is 10.1 Å². The SMILES string of the molecule is CCCN(CC(C)(C)CN)c1ccc(C#N)cc1[N+](=O)[O-]. The van der Waals surface area contributed by atoms with Crippen LogP contribution in [0.15, 0.2) is 18.2 Å². The van der Waals surface area contributed by atoms with Crippen molar-refractivity contribution in [1.82, 2.24) is 0 Å². The summed E-state index contributed by atoms with van der Waals surface area (Å²) >= 11 is 0. The van der Waals surface area contributed by atoms with Crippen LogP contribution in [-0.4, -0.2) is 24.6 Å². The molecule has 0 aliphatic carbocycles. The lowest BCUT2D eigenvalue weighted by molar-refractivity contribution is -0.384. The number of hydrogen-bond donors (Lipinski definition) is 1. The van der Waals surface area contributed by atoms with Crippen LogP contribution in [0.3, 0.4) is 0 Å². The standard InChI is InChI=1S/C15H22N4O2/c1-4-7-18(11-15(2,3)10-17)13-6-5-12(9-16)8-14(13)19(20)21/h5-6,8H,4,7,10-11,17H2,1-3H3. The Morgan fingerprint density at radius 3 is 2.62 bits per heavy atom. The van der Waals surface area contributed by atoms with E-state index in [1.165, 1.54) is 6.07 Å². The first kappa shape index (κ1) is 16.9. The zero-order valence-corrected chi connectivity index (χ0v) is 12.8. The van der Waals surface area contributed by atoms with Crippen LogP contribution in [0.5, 0.6) is 0 Å². The Kier molecular flexibility index (Phi) is 5.68. The van der Waals surface area contributed by atoms with E-state index >= 15 is 0 Å². The van der Waals surface area contributed by atoms with Crippen LogP contribution < -0.4 is 10.6 Å². The maximum atomic E-state index is 11.3. The van der Waals surface area contributed by atoms with E-state index in [4.69, 9.17) is 11.0 Å². The summed E-state index contributed by atoms with van der Waals surface area (Å²) in [4.78, 5) is 12.8. The molecule has 0 spiro atoms. The van der Waals surface area contributed by atoms with E-state index in [0.29, 0.717) is 30.9 Å². The lowest BCUT2D eigenvalue weighted by Gasteiger charge is -2.33. The summed E-state index contributed by atoms with van der Waals surface area (Å²) in [6.45, 7) is 7.92. The summed E-state index contributed by atoms with van der Waals surface area (Å²) in [6, 6.07) is 6.53. The highest BCUT2D eigenvalue weighted by Crippen LogP contribution is 2.31. The molecule has 114 valence electrons. The Bertz CT molecular complexity index is 549. The summed E-state index contributed by atoms with van der Waals surface area (Å²) in [6.07, 6.45) is 0.873. The first-order chi connectivity index (χ1) is 9.84. The monoisotopic (exact) mass is 290 g/mol. The highest BCUT2D eigenvalue weighted by atomic mass is 16.6. The third kappa shape index (κ3) is 4.43. The number of anilines is 1. The number of nitro groups is 1. The van der Waals surface area contributed by atoms with Gasteiger partial charge in [0.1, 0.15) is 5.69 Å². The fraction of sp³-hybridized carbons (Fsp3) is 0.533. The van der Waals surface area contributed by atoms with Gasteiger partial charge < -0.3 is 10.6 Å². The number of benzene rings is 1. The fourth-order valence-electron chi connectivity index (χ4n) is 2.14. The van der Waals surface area contributed by atoms with Crippen molar-refractivity contribution in [2.75, 3.05) is 24.5 Å². The Morgan fingerprint density at radius 1 is 1.48 bits per heavy atom. The Balaban J connectivity index is 3.25. The Morgan fingerprint density at radius 2 is 2.14 bits per heavy atom. The first-order valence-electron chi connectivity index (χ1n) is 6.98. The van der Waals surface area contributed by atoms with Gasteiger partial charge in [-0.1, -0.05) is 20.8 Å². The lowest BCUT2D eigenvalue weighted by Crippen LogP contribution is -2.39. The largest absolute Gasteiger partial charge is 0.365 e. The van der Waals surface area contributed by atoms with E-state index in [0.717, 1.165) is 6.42 Å². The molecule has 0 atom stereocenters. The molecule has 0 unspecified atom stereocenters. The van der Waals surface area contributed by atoms with Crippen molar-refractivity contribution in [1.29, 1.82) is 5.26 Å². The summed E-state index contributed by atoms with van der Waals surface area (Å²) in [5.41, 5.74) is 6.43. The predicted molar refractivity (Wildman–Crippen MR) is 83.2 cm³/mol. The third-order valence-corrected chi connectivity index (χ3v) is 3.31. The van der Waals surface area contributed by atoms with Crippen molar-refractivity contribution in [2.45, 2.75) is 27.2 Å². The molecule has 21 heavy (non-hydrogen) atoms. The quantitative estimate of drug-likeness (QED) is 0.615. The van der Waals surface area contributed by atoms with Gasteiger partial charge in [-0.05, 0) is 30.5 Å². The van der Waals surface area contributed by atoms with E-state index in [9.17, 15) is 10.1 Å². The van der Waals surface area contributed by atoms with Crippen LogP contribution in [0.25, 0.3) is 0 Å². The molecule has 6 heteroatoms. The molecule has 1 rings (SSSR count).